The van der Waals surface area contributed by atoms with Gasteiger partial charge in [-0.2, -0.15) is 28.4 Å². The maximum Gasteiger partial charge on any atom is 0.417 e. The van der Waals surface area contributed by atoms with E-state index >= 15 is 4.39 Å². The zero-order chi connectivity index (χ0) is 34.8. The molecule has 0 radical (unpaired) electrons. The number of fused-ring (bicyclic) bond motifs is 3. The second-order valence-electron chi connectivity index (χ2n) is 12.8. The molecular weight excluding hydrogens is 672 g/mol. The molecule has 16 heteroatoms. The third kappa shape index (κ3) is 5.66. The maximum absolute atomic E-state index is 17.0. The summed E-state index contributed by atoms with van der Waals surface area (Å²) in [4.78, 5) is 26.2. The number of nitrogens with zero attached hydrogens (tertiary/aromatic N) is 6. The molecule has 4 aromatic rings. The Labute approximate surface area is 280 Å². The second-order valence-corrected chi connectivity index (χ2v) is 13.9. The first-order valence-electron chi connectivity index (χ1n) is 15.9. The van der Waals surface area contributed by atoms with Crippen molar-refractivity contribution in [1.29, 1.82) is 5.26 Å². The van der Waals surface area contributed by atoms with Gasteiger partial charge in [-0.15, -0.1) is 11.3 Å². The second kappa shape index (κ2) is 12.2. The van der Waals surface area contributed by atoms with Crippen LogP contribution in [0.3, 0.4) is 0 Å². The topological polar surface area (TPSA) is 112 Å². The molecule has 3 aliphatic heterocycles. The quantitative estimate of drug-likeness (QED) is 0.242. The molecule has 7 rings (SSSR count). The van der Waals surface area contributed by atoms with E-state index in [1.165, 1.54) is 6.92 Å². The molecule has 3 aliphatic rings. The zero-order valence-electron chi connectivity index (χ0n) is 26.3. The number of thiophene rings is 1. The minimum atomic E-state index is -5.10. The molecule has 0 spiro atoms. The fraction of sp³-hybridized carbons (Fsp3) is 0.455. The van der Waals surface area contributed by atoms with Crippen molar-refractivity contribution in [1.82, 2.24) is 19.8 Å². The average Bonchev–Trinajstić information content (AvgIpc) is 3.61. The molecule has 2 N–H and O–H groups in total. The predicted octanol–water partition coefficient (Wildman–Crippen LogP) is 6.28. The molecule has 2 unspecified atom stereocenters. The van der Waals surface area contributed by atoms with Crippen LogP contribution in [0.4, 0.5) is 37.2 Å². The molecule has 0 bridgehead atoms. The van der Waals surface area contributed by atoms with E-state index in [1.54, 1.807) is 9.80 Å². The van der Waals surface area contributed by atoms with Crippen molar-refractivity contribution < 1.29 is 35.9 Å². The summed E-state index contributed by atoms with van der Waals surface area (Å²) in [6, 6.07) is 4.18. The molecule has 5 heterocycles. The van der Waals surface area contributed by atoms with Crippen molar-refractivity contribution in [2.24, 2.45) is 0 Å². The number of amides is 1. The van der Waals surface area contributed by atoms with Crippen molar-refractivity contribution >= 4 is 49.1 Å². The summed E-state index contributed by atoms with van der Waals surface area (Å²) >= 11 is 0.681. The summed E-state index contributed by atoms with van der Waals surface area (Å²) in [5.74, 6) is -2.37. The number of carbonyl (C=O) groups is 1. The lowest BCUT2D eigenvalue weighted by Crippen LogP contribution is -2.43. The van der Waals surface area contributed by atoms with E-state index in [4.69, 9.17) is 10.5 Å². The third-order valence-corrected chi connectivity index (χ3v) is 10.9. The number of anilines is 2. The van der Waals surface area contributed by atoms with Crippen molar-refractivity contribution in [2.45, 2.75) is 50.5 Å². The smallest absolute Gasteiger partial charge is 0.417 e. The van der Waals surface area contributed by atoms with Crippen LogP contribution in [0.1, 0.15) is 43.7 Å². The summed E-state index contributed by atoms with van der Waals surface area (Å²) in [6.07, 6.45) is -3.95. The molecule has 2 atom stereocenters. The molecule has 0 saturated carbocycles. The van der Waals surface area contributed by atoms with Gasteiger partial charge in [0.25, 0.3) is 0 Å². The first-order chi connectivity index (χ1) is 23.3. The van der Waals surface area contributed by atoms with E-state index in [-0.39, 0.29) is 82.0 Å². The number of halogens is 6. The van der Waals surface area contributed by atoms with Gasteiger partial charge in [-0.05, 0) is 43.5 Å². The van der Waals surface area contributed by atoms with Gasteiger partial charge in [-0.25, -0.2) is 13.2 Å². The maximum atomic E-state index is 17.0. The van der Waals surface area contributed by atoms with Crippen molar-refractivity contribution in [3.63, 3.8) is 0 Å². The summed E-state index contributed by atoms with van der Waals surface area (Å²) in [5.41, 5.74) is 1.91. The van der Waals surface area contributed by atoms with Crippen LogP contribution in [0, 0.1) is 23.0 Å². The van der Waals surface area contributed by atoms with Gasteiger partial charge in [-0.3, -0.25) is 9.69 Å². The molecule has 3 fully saturated rings. The van der Waals surface area contributed by atoms with Crippen LogP contribution in [-0.2, 0) is 11.0 Å². The molecule has 2 aromatic carbocycles. The van der Waals surface area contributed by atoms with Crippen molar-refractivity contribution in [3.05, 3.63) is 41.0 Å². The molecule has 258 valence electrons. The molecular formula is C33H31F6N7O2S. The Balaban J connectivity index is 1.44. The van der Waals surface area contributed by atoms with Gasteiger partial charge in [0.2, 0.25) is 5.91 Å². The monoisotopic (exact) mass is 703 g/mol. The van der Waals surface area contributed by atoms with E-state index in [1.807, 2.05) is 11.0 Å². The third-order valence-electron chi connectivity index (χ3n) is 9.87. The number of aromatic nitrogens is 2. The molecule has 0 aliphatic carbocycles. The predicted molar refractivity (Wildman–Crippen MR) is 172 cm³/mol. The zero-order valence-corrected chi connectivity index (χ0v) is 27.2. The Morgan fingerprint density at radius 2 is 1.96 bits per heavy atom. The van der Waals surface area contributed by atoms with E-state index in [2.05, 4.69) is 9.97 Å². The Morgan fingerprint density at radius 1 is 1.16 bits per heavy atom. The number of nitrogens with two attached hydrogens (primary N) is 1. The highest BCUT2D eigenvalue weighted by Crippen LogP contribution is 2.48. The fourth-order valence-corrected chi connectivity index (χ4v) is 8.53. The Hall–Kier alpha value is -4.36. The summed E-state index contributed by atoms with van der Waals surface area (Å²) in [6.45, 7) is 3.52. The number of alkyl halides is 4. The number of hydrogen-bond acceptors (Lipinski definition) is 9. The van der Waals surface area contributed by atoms with Gasteiger partial charge >= 0.3 is 12.2 Å². The standard InChI is InChI=1S/C33H31F6N7O2S/c1-17(47)44-7-3-8-45(11-10-44)30-20-12-22(33(37,38)39)25(19-4-5-23(35)28-24(19)21(14-40)29(41)49-28)26(36)27(20)42-31(43-30)48-16-32-6-2-9-46(32)15-18(34)13-32/h4-5,12,18H,2-3,6-11,13,15-16,41H2,1H3. The van der Waals surface area contributed by atoms with Gasteiger partial charge in [-0.1, -0.05) is 6.07 Å². The Bertz CT molecular complexity index is 2030. The SMILES string of the molecule is CC(=O)N1CCCN(c2nc(OCC34CCCN3CC(F)C4)nc3c(F)c(-c4ccc(F)c5sc(N)c(C#N)c45)c(C(F)(F)F)cc23)CC1. The summed E-state index contributed by atoms with van der Waals surface area (Å²) in [5, 5.41) is 9.20. The van der Waals surface area contributed by atoms with Crippen LogP contribution in [0.15, 0.2) is 18.2 Å². The van der Waals surface area contributed by atoms with E-state index in [9.17, 15) is 32.0 Å². The van der Waals surface area contributed by atoms with Gasteiger partial charge in [0, 0.05) is 62.4 Å². The normalized spacial score (nSPS) is 21.7. The van der Waals surface area contributed by atoms with Crippen LogP contribution >= 0.6 is 11.3 Å². The van der Waals surface area contributed by atoms with Crippen LogP contribution in [0.5, 0.6) is 6.01 Å². The number of carbonyl (C=O) groups excluding carboxylic acids is 1. The highest BCUT2D eigenvalue weighted by Gasteiger charge is 2.49. The largest absolute Gasteiger partial charge is 0.461 e. The van der Waals surface area contributed by atoms with E-state index < -0.39 is 46.2 Å². The van der Waals surface area contributed by atoms with Crippen LogP contribution in [0.2, 0.25) is 0 Å². The summed E-state index contributed by atoms with van der Waals surface area (Å²) < 4.78 is 97.1. The summed E-state index contributed by atoms with van der Waals surface area (Å²) in [7, 11) is 0. The van der Waals surface area contributed by atoms with Gasteiger partial charge in [0.05, 0.1) is 21.4 Å². The lowest BCUT2D eigenvalue weighted by molar-refractivity contribution is -0.137. The first-order valence-corrected chi connectivity index (χ1v) is 16.7. The lowest BCUT2D eigenvalue weighted by atomic mass is 9.92. The highest BCUT2D eigenvalue weighted by molar-refractivity contribution is 7.23. The molecule has 3 saturated heterocycles. The van der Waals surface area contributed by atoms with Gasteiger partial charge < -0.3 is 20.3 Å². The van der Waals surface area contributed by atoms with Gasteiger partial charge in [0.1, 0.15) is 41.0 Å². The van der Waals surface area contributed by atoms with Crippen LogP contribution < -0.4 is 15.4 Å². The van der Waals surface area contributed by atoms with Gasteiger partial charge in [0.15, 0.2) is 5.82 Å². The van der Waals surface area contributed by atoms with E-state index in [0.717, 1.165) is 24.6 Å². The van der Waals surface area contributed by atoms with Crippen LogP contribution in [0.25, 0.3) is 32.1 Å². The highest BCUT2D eigenvalue weighted by atomic mass is 32.1. The van der Waals surface area contributed by atoms with E-state index in [0.29, 0.717) is 43.8 Å². The molecule has 1 amide bonds. The number of hydrogen-bond donors (Lipinski definition) is 1. The minimum absolute atomic E-state index is 0.0100. The fourth-order valence-electron chi connectivity index (χ4n) is 7.58. The van der Waals surface area contributed by atoms with Crippen LogP contribution in [-0.4, -0.2) is 83.3 Å². The van der Waals surface area contributed by atoms with Crippen molar-refractivity contribution in [3.8, 4) is 23.2 Å². The number of rotatable bonds is 5. The molecule has 2 aromatic heterocycles. The lowest BCUT2D eigenvalue weighted by Gasteiger charge is -2.31. The number of nitrogen functional groups attached to an aromatic ring is 1. The minimum Gasteiger partial charge on any atom is -0.461 e. The average molecular weight is 704 g/mol. The number of nitriles is 1. The molecule has 49 heavy (non-hydrogen) atoms. The Morgan fingerprint density at radius 3 is 2.69 bits per heavy atom. The number of ether oxygens (including phenoxy) is 1. The van der Waals surface area contributed by atoms with Crippen molar-refractivity contribution in [2.75, 3.05) is 56.5 Å². The first kappa shape index (κ1) is 33.2. The Kier molecular flexibility index (Phi) is 8.26. The number of benzene rings is 2. The molecule has 9 nitrogen and oxygen atoms in total.